The molecule has 1 aromatic heterocycles. The molecule has 0 fully saturated rings. The Morgan fingerprint density at radius 3 is 2.36 bits per heavy atom. The van der Waals surface area contributed by atoms with Gasteiger partial charge in [-0.05, 0) is 66.9 Å². The zero-order chi connectivity index (χ0) is 22.9. The molecule has 33 heavy (non-hydrogen) atoms. The number of aryl methyl sites for hydroxylation is 3. The van der Waals surface area contributed by atoms with Crippen molar-refractivity contribution < 1.29 is 4.79 Å². The predicted octanol–water partition coefficient (Wildman–Crippen LogP) is 6.87. The third kappa shape index (κ3) is 4.03. The van der Waals surface area contributed by atoms with Crippen molar-refractivity contribution in [1.82, 2.24) is 9.78 Å². The fourth-order valence-electron chi connectivity index (χ4n) is 4.23. The average Bonchev–Trinajstić information content (AvgIpc) is 3.26. The van der Waals surface area contributed by atoms with Crippen molar-refractivity contribution in [3.05, 3.63) is 113 Å². The normalized spacial score (nSPS) is 11.0. The standard InChI is InChI=1S/C29H25N3O/c1-19-8-6-11-23(17-19)32-28(25-13-7-10-22-9-4-5-12-24(22)25)18-27(31-32)29(33)30-26-15-14-20(2)16-21(26)3/h4-18H,1-3H3,(H,30,33). The topological polar surface area (TPSA) is 46.9 Å². The minimum absolute atomic E-state index is 0.227. The van der Waals surface area contributed by atoms with Crippen LogP contribution in [0, 0.1) is 20.8 Å². The highest BCUT2D eigenvalue weighted by molar-refractivity contribution is 6.05. The van der Waals surface area contributed by atoms with E-state index >= 15 is 0 Å². The van der Waals surface area contributed by atoms with Crippen molar-refractivity contribution in [3.63, 3.8) is 0 Å². The molecule has 4 aromatic carbocycles. The molecule has 0 aliphatic rings. The molecule has 0 aliphatic heterocycles. The molecule has 0 bridgehead atoms. The van der Waals surface area contributed by atoms with E-state index in [-0.39, 0.29) is 5.91 Å². The van der Waals surface area contributed by atoms with E-state index in [1.165, 1.54) is 0 Å². The number of fused-ring (bicyclic) bond motifs is 1. The van der Waals surface area contributed by atoms with Gasteiger partial charge in [0.1, 0.15) is 0 Å². The summed E-state index contributed by atoms with van der Waals surface area (Å²) in [5.74, 6) is -0.227. The Morgan fingerprint density at radius 1 is 0.788 bits per heavy atom. The quantitative estimate of drug-likeness (QED) is 0.337. The molecule has 0 radical (unpaired) electrons. The van der Waals surface area contributed by atoms with Gasteiger partial charge in [-0.3, -0.25) is 4.79 Å². The molecule has 0 saturated carbocycles. The molecule has 4 nitrogen and oxygen atoms in total. The monoisotopic (exact) mass is 431 g/mol. The van der Waals surface area contributed by atoms with Crippen LogP contribution < -0.4 is 5.32 Å². The highest BCUT2D eigenvalue weighted by atomic mass is 16.2. The molecular formula is C29H25N3O. The Balaban J connectivity index is 1.64. The number of carbonyl (C=O) groups excluding carboxylic acids is 1. The van der Waals surface area contributed by atoms with Gasteiger partial charge < -0.3 is 5.32 Å². The smallest absolute Gasteiger partial charge is 0.276 e. The number of aromatic nitrogens is 2. The van der Waals surface area contributed by atoms with E-state index in [4.69, 9.17) is 5.10 Å². The first kappa shape index (κ1) is 20.7. The maximum atomic E-state index is 13.2. The zero-order valence-corrected chi connectivity index (χ0v) is 19.0. The van der Waals surface area contributed by atoms with Crippen LogP contribution in [0.15, 0.2) is 91.0 Å². The van der Waals surface area contributed by atoms with Crippen LogP contribution in [0.25, 0.3) is 27.7 Å². The number of anilines is 1. The van der Waals surface area contributed by atoms with Crippen LogP contribution in [0.5, 0.6) is 0 Å². The van der Waals surface area contributed by atoms with Crippen molar-refractivity contribution in [3.8, 4) is 16.9 Å². The maximum absolute atomic E-state index is 13.2. The minimum Gasteiger partial charge on any atom is -0.320 e. The highest BCUT2D eigenvalue weighted by Gasteiger charge is 2.19. The van der Waals surface area contributed by atoms with E-state index in [0.717, 1.165) is 50.1 Å². The Bertz CT molecular complexity index is 1490. The lowest BCUT2D eigenvalue weighted by Gasteiger charge is -2.11. The molecule has 4 heteroatoms. The number of hydrogen-bond acceptors (Lipinski definition) is 2. The summed E-state index contributed by atoms with van der Waals surface area (Å²) in [4.78, 5) is 13.2. The summed E-state index contributed by atoms with van der Waals surface area (Å²) in [6.07, 6.45) is 0. The Kier molecular flexibility index (Phi) is 5.27. The van der Waals surface area contributed by atoms with Crippen molar-refractivity contribution in [2.24, 2.45) is 0 Å². The summed E-state index contributed by atoms with van der Waals surface area (Å²) in [5, 5.41) is 10.1. The van der Waals surface area contributed by atoms with E-state index in [1.807, 2.05) is 67.1 Å². The van der Waals surface area contributed by atoms with Crippen molar-refractivity contribution in [1.29, 1.82) is 0 Å². The number of nitrogens with one attached hydrogen (secondary N) is 1. The van der Waals surface area contributed by atoms with Crippen molar-refractivity contribution >= 4 is 22.4 Å². The van der Waals surface area contributed by atoms with Gasteiger partial charge >= 0.3 is 0 Å². The van der Waals surface area contributed by atoms with Gasteiger partial charge in [-0.15, -0.1) is 0 Å². The molecule has 1 amide bonds. The lowest BCUT2D eigenvalue weighted by atomic mass is 10.0. The lowest BCUT2D eigenvalue weighted by Crippen LogP contribution is -2.14. The maximum Gasteiger partial charge on any atom is 0.276 e. The van der Waals surface area contributed by atoms with Gasteiger partial charge in [-0.25, -0.2) is 4.68 Å². The van der Waals surface area contributed by atoms with Crippen LogP contribution in [0.3, 0.4) is 0 Å². The summed E-state index contributed by atoms with van der Waals surface area (Å²) in [5.41, 5.74) is 7.32. The van der Waals surface area contributed by atoms with Crippen LogP contribution in [0.4, 0.5) is 5.69 Å². The summed E-state index contributed by atoms with van der Waals surface area (Å²) in [7, 11) is 0. The summed E-state index contributed by atoms with van der Waals surface area (Å²) < 4.78 is 1.87. The van der Waals surface area contributed by atoms with Crippen LogP contribution in [0.2, 0.25) is 0 Å². The number of amides is 1. The number of carbonyl (C=O) groups is 1. The van der Waals surface area contributed by atoms with E-state index in [2.05, 4.69) is 54.7 Å². The molecule has 162 valence electrons. The molecule has 0 aliphatic carbocycles. The second-order valence-corrected chi connectivity index (χ2v) is 8.46. The molecular weight excluding hydrogens is 406 g/mol. The zero-order valence-electron chi connectivity index (χ0n) is 19.0. The first-order valence-corrected chi connectivity index (χ1v) is 11.0. The molecule has 0 spiro atoms. The van der Waals surface area contributed by atoms with E-state index in [1.54, 1.807) is 0 Å². The first-order valence-electron chi connectivity index (χ1n) is 11.0. The molecule has 5 rings (SSSR count). The van der Waals surface area contributed by atoms with Gasteiger partial charge in [0, 0.05) is 11.3 Å². The number of rotatable bonds is 4. The van der Waals surface area contributed by atoms with Crippen LogP contribution in [0.1, 0.15) is 27.2 Å². The first-order chi connectivity index (χ1) is 16.0. The van der Waals surface area contributed by atoms with Gasteiger partial charge in [0.05, 0.1) is 11.4 Å². The van der Waals surface area contributed by atoms with E-state index in [9.17, 15) is 4.79 Å². The molecule has 1 N–H and O–H groups in total. The fourth-order valence-corrected chi connectivity index (χ4v) is 4.23. The lowest BCUT2D eigenvalue weighted by molar-refractivity contribution is 0.102. The third-order valence-corrected chi connectivity index (χ3v) is 5.88. The van der Waals surface area contributed by atoms with Gasteiger partial charge in [0.15, 0.2) is 5.69 Å². The third-order valence-electron chi connectivity index (χ3n) is 5.88. The van der Waals surface area contributed by atoms with Gasteiger partial charge in [-0.1, -0.05) is 72.3 Å². The van der Waals surface area contributed by atoms with Crippen LogP contribution in [-0.4, -0.2) is 15.7 Å². The SMILES string of the molecule is Cc1cccc(-n2nc(C(=O)Nc3ccc(C)cc3C)cc2-c2cccc3ccccc23)c1. The van der Waals surface area contributed by atoms with E-state index < -0.39 is 0 Å². The molecule has 0 atom stereocenters. The molecule has 0 unspecified atom stereocenters. The highest BCUT2D eigenvalue weighted by Crippen LogP contribution is 2.31. The number of benzene rings is 4. The predicted molar refractivity (Wildman–Crippen MR) is 135 cm³/mol. The van der Waals surface area contributed by atoms with Gasteiger partial charge in [-0.2, -0.15) is 5.10 Å². The largest absolute Gasteiger partial charge is 0.320 e. The van der Waals surface area contributed by atoms with Crippen LogP contribution >= 0.6 is 0 Å². The molecule has 1 heterocycles. The number of nitrogens with zero attached hydrogens (tertiary/aromatic N) is 2. The van der Waals surface area contributed by atoms with E-state index in [0.29, 0.717) is 5.69 Å². The molecule has 0 saturated heterocycles. The summed E-state index contributed by atoms with van der Waals surface area (Å²) in [6.45, 7) is 6.09. The van der Waals surface area contributed by atoms with Crippen molar-refractivity contribution in [2.45, 2.75) is 20.8 Å². The Morgan fingerprint density at radius 2 is 1.55 bits per heavy atom. The van der Waals surface area contributed by atoms with Gasteiger partial charge in [0.25, 0.3) is 5.91 Å². The minimum atomic E-state index is -0.227. The Hall–Kier alpha value is -4.18. The molecule has 5 aromatic rings. The van der Waals surface area contributed by atoms with Crippen LogP contribution in [-0.2, 0) is 0 Å². The Labute approximate surface area is 193 Å². The van der Waals surface area contributed by atoms with Gasteiger partial charge in [0.2, 0.25) is 0 Å². The second kappa shape index (κ2) is 8.40. The summed E-state index contributed by atoms with van der Waals surface area (Å²) in [6, 6.07) is 30.5. The fraction of sp³-hybridized carbons (Fsp3) is 0.103. The summed E-state index contributed by atoms with van der Waals surface area (Å²) >= 11 is 0. The number of hydrogen-bond donors (Lipinski definition) is 1. The second-order valence-electron chi connectivity index (χ2n) is 8.46. The average molecular weight is 432 g/mol. The van der Waals surface area contributed by atoms with Crippen molar-refractivity contribution in [2.75, 3.05) is 5.32 Å².